The summed E-state index contributed by atoms with van der Waals surface area (Å²) < 4.78 is 0. The van der Waals surface area contributed by atoms with Crippen molar-refractivity contribution in [3.05, 3.63) is 64.3 Å². The van der Waals surface area contributed by atoms with Gasteiger partial charge in [-0.25, -0.2) is 20.4 Å². The Bertz CT molecular complexity index is 839. The molecule has 3 aromatic heterocycles. The van der Waals surface area contributed by atoms with E-state index in [0.717, 1.165) is 16.3 Å². The molecule has 1 amide bonds. The lowest BCUT2D eigenvalue weighted by Gasteiger charge is -2.10. The van der Waals surface area contributed by atoms with Crippen molar-refractivity contribution in [2.24, 2.45) is 0 Å². The maximum atomic E-state index is 12.3. The fourth-order valence-electron chi connectivity index (χ4n) is 2.02. The Labute approximate surface area is 148 Å². The second kappa shape index (κ2) is 8.27. The summed E-state index contributed by atoms with van der Waals surface area (Å²) in [7, 11) is 0. The molecule has 3 aromatic rings. The van der Waals surface area contributed by atoms with Crippen LogP contribution >= 0.6 is 11.3 Å². The lowest BCUT2D eigenvalue weighted by molar-refractivity contribution is 0.0220. The average molecular weight is 356 g/mol. The maximum absolute atomic E-state index is 12.3. The van der Waals surface area contributed by atoms with Gasteiger partial charge in [0.25, 0.3) is 5.91 Å². The fraction of sp³-hybridized carbons (Fsp3) is 0.188. The van der Waals surface area contributed by atoms with Crippen LogP contribution in [0.2, 0.25) is 0 Å². The van der Waals surface area contributed by atoms with Crippen molar-refractivity contribution >= 4 is 23.1 Å². The molecule has 9 heteroatoms. The van der Waals surface area contributed by atoms with Gasteiger partial charge >= 0.3 is 0 Å². The summed E-state index contributed by atoms with van der Waals surface area (Å²) in [6, 6.07) is 3.75. The first-order valence-corrected chi connectivity index (χ1v) is 8.37. The van der Waals surface area contributed by atoms with Crippen LogP contribution in [0.3, 0.4) is 0 Å². The number of anilines is 1. The van der Waals surface area contributed by atoms with Gasteiger partial charge in [0.05, 0.1) is 10.7 Å². The number of nitrogens with zero attached hydrogens (tertiary/aromatic N) is 4. The van der Waals surface area contributed by atoms with E-state index in [1.54, 1.807) is 12.4 Å². The van der Waals surface area contributed by atoms with E-state index in [9.17, 15) is 4.79 Å². The first-order valence-electron chi connectivity index (χ1n) is 7.49. The number of thiazole rings is 1. The fourth-order valence-corrected chi connectivity index (χ4v) is 2.62. The van der Waals surface area contributed by atoms with E-state index in [1.165, 1.54) is 23.7 Å². The molecule has 0 fully saturated rings. The van der Waals surface area contributed by atoms with Gasteiger partial charge in [0.2, 0.25) is 0 Å². The zero-order valence-corrected chi connectivity index (χ0v) is 14.3. The number of hydrogen-bond acceptors (Lipinski definition) is 8. The van der Waals surface area contributed by atoms with Crippen molar-refractivity contribution in [2.45, 2.75) is 20.1 Å². The monoisotopic (exact) mass is 356 g/mol. The number of carbonyl (C=O) groups is 1. The van der Waals surface area contributed by atoms with Crippen LogP contribution in [0.4, 0.5) is 5.82 Å². The van der Waals surface area contributed by atoms with Crippen molar-refractivity contribution < 1.29 is 9.63 Å². The van der Waals surface area contributed by atoms with E-state index in [2.05, 4.69) is 30.7 Å². The van der Waals surface area contributed by atoms with Crippen LogP contribution in [0.15, 0.2) is 42.3 Å². The third-order valence-corrected chi connectivity index (χ3v) is 4.00. The number of amides is 1. The molecule has 0 bridgehead atoms. The first-order chi connectivity index (χ1) is 12.2. The Kier molecular flexibility index (Phi) is 5.60. The Morgan fingerprint density at radius 2 is 2.00 bits per heavy atom. The molecular formula is C16H16N6O2S. The molecule has 2 N–H and O–H groups in total. The molecule has 0 saturated carbocycles. The normalized spacial score (nSPS) is 10.4. The topological polar surface area (TPSA) is 102 Å². The van der Waals surface area contributed by atoms with E-state index < -0.39 is 5.91 Å². The standard InChI is InChI=1S/C16H16N6O2S/c1-11-21-13(10-25-11)9-24-22-16(23)14-15(19-7-6-18-14)20-8-12-2-4-17-5-3-12/h2-7,10H,8-9H2,1H3,(H,19,20)(H,22,23). The van der Waals surface area contributed by atoms with Crippen LogP contribution in [0, 0.1) is 6.92 Å². The number of rotatable bonds is 7. The Balaban J connectivity index is 1.58. The first kappa shape index (κ1) is 16.9. The van der Waals surface area contributed by atoms with Crippen molar-refractivity contribution in [3.8, 4) is 0 Å². The molecule has 0 aliphatic rings. The smallest absolute Gasteiger partial charge is 0.297 e. The van der Waals surface area contributed by atoms with E-state index >= 15 is 0 Å². The van der Waals surface area contributed by atoms with Crippen LogP contribution in [0.5, 0.6) is 0 Å². The van der Waals surface area contributed by atoms with Gasteiger partial charge in [-0.2, -0.15) is 0 Å². The molecule has 0 aliphatic carbocycles. The summed E-state index contributed by atoms with van der Waals surface area (Å²) >= 11 is 1.53. The second-order valence-corrected chi connectivity index (χ2v) is 6.10. The molecule has 0 atom stereocenters. The van der Waals surface area contributed by atoms with Gasteiger partial charge in [-0.3, -0.25) is 14.6 Å². The summed E-state index contributed by atoms with van der Waals surface area (Å²) in [5, 5.41) is 5.92. The van der Waals surface area contributed by atoms with Crippen molar-refractivity contribution in [3.63, 3.8) is 0 Å². The minimum Gasteiger partial charge on any atom is -0.364 e. The van der Waals surface area contributed by atoms with E-state index in [1.807, 2.05) is 24.4 Å². The lowest BCUT2D eigenvalue weighted by atomic mass is 10.2. The SMILES string of the molecule is Cc1nc(CONC(=O)c2nccnc2NCc2ccncc2)cs1. The molecule has 0 aromatic carbocycles. The van der Waals surface area contributed by atoms with E-state index in [0.29, 0.717) is 12.4 Å². The molecule has 0 spiro atoms. The van der Waals surface area contributed by atoms with Gasteiger partial charge in [0.1, 0.15) is 6.61 Å². The van der Waals surface area contributed by atoms with Gasteiger partial charge < -0.3 is 5.32 Å². The molecule has 3 heterocycles. The van der Waals surface area contributed by atoms with Crippen LogP contribution < -0.4 is 10.8 Å². The molecule has 0 radical (unpaired) electrons. The van der Waals surface area contributed by atoms with Gasteiger partial charge in [0.15, 0.2) is 11.5 Å². The molecule has 25 heavy (non-hydrogen) atoms. The predicted octanol–water partition coefficient (Wildman–Crippen LogP) is 2.11. The number of aromatic nitrogens is 4. The van der Waals surface area contributed by atoms with Gasteiger partial charge in [0, 0.05) is 36.7 Å². The zero-order chi connectivity index (χ0) is 17.5. The summed E-state index contributed by atoms with van der Waals surface area (Å²) in [6.45, 7) is 2.60. The molecule has 0 aliphatic heterocycles. The summed E-state index contributed by atoms with van der Waals surface area (Å²) in [4.78, 5) is 33.9. The van der Waals surface area contributed by atoms with Crippen LogP contribution in [0.25, 0.3) is 0 Å². The lowest BCUT2D eigenvalue weighted by Crippen LogP contribution is -2.26. The molecule has 3 rings (SSSR count). The quantitative estimate of drug-likeness (QED) is 0.625. The molecule has 0 saturated heterocycles. The van der Waals surface area contributed by atoms with Gasteiger partial charge in [-0.15, -0.1) is 11.3 Å². The second-order valence-electron chi connectivity index (χ2n) is 5.04. The third kappa shape index (κ3) is 4.78. The Morgan fingerprint density at radius 3 is 2.76 bits per heavy atom. The average Bonchev–Trinajstić information content (AvgIpc) is 3.06. The highest BCUT2D eigenvalue weighted by Gasteiger charge is 2.14. The number of carbonyl (C=O) groups excluding carboxylic acids is 1. The molecule has 0 unspecified atom stereocenters. The van der Waals surface area contributed by atoms with E-state index in [-0.39, 0.29) is 12.3 Å². The largest absolute Gasteiger partial charge is 0.364 e. The third-order valence-electron chi connectivity index (χ3n) is 3.17. The number of pyridine rings is 1. The van der Waals surface area contributed by atoms with Crippen molar-refractivity contribution in [1.29, 1.82) is 0 Å². The highest BCUT2D eigenvalue weighted by atomic mass is 32.1. The van der Waals surface area contributed by atoms with Crippen LogP contribution in [0.1, 0.15) is 26.8 Å². The van der Waals surface area contributed by atoms with Gasteiger partial charge in [-0.05, 0) is 24.6 Å². The highest BCUT2D eigenvalue weighted by Crippen LogP contribution is 2.11. The van der Waals surface area contributed by atoms with Crippen molar-refractivity contribution in [1.82, 2.24) is 25.4 Å². The number of nitrogens with one attached hydrogen (secondary N) is 2. The molecule has 8 nitrogen and oxygen atoms in total. The van der Waals surface area contributed by atoms with Crippen molar-refractivity contribution in [2.75, 3.05) is 5.32 Å². The minimum atomic E-state index is -0.475. The zero-order valence-electron chi connectivity index (χ0n) is 13.5. The van der Waals surface area contributed by atoms with Crippen LogP contribution in [-0.4, -0.2) is 25.8 Å². The summed E-state index contributed by atoms with van der Waals surface area (Å²) in [6.07, 6.45) is 6.38. The Morgan fingerprint density at radius 1 is 1.20 bits per heavy atom. The molecule has 128 valence electrons. The van der Waals surface area contributed by atoms with E-state index in [4.69, 9.17) is 4.84 Å². The minimum absolute atomic E-state index is 0.158. The predicted molar refractivity (Wildman–Crippen MR) is 92.7 cm³/mol. The van der Waals surface area contributed by atoms with Gasteiger partial charge in [-0.1, -0.05) is 0 Å². The number of hydrogen-bond donors (Lipinski definition) is 2. The number of aryl methyl sites for hydroxylation is 1. The summed E-state index contributed by atoms with van der Waals surface area (Å²) in [5.74, 6) is -0.0952. The number of hydroxylamine groups is 1. The Hall–Kier alpha value is -2.91. The van der Waals surface area contributed by atoms with Crippen LogP contribution in [-0.2, 0) is 18.0 Å². The maximum Gasteiger partial charge on any atom is 0.297 e. The highest BCUT2D eigenvalue weighted by molar-refractivity contribution is 7.09. The molecular weight excluding hydrogens is 340 g/mol. The summed E-state index contributed by atoms with van der Waals surface area (Å²) in [5.41, 5.74) is 4.30.